The first-order valence-electron chi connectivity index (χ1n) is 12.6. The Morgan fingerprint density at radius 1 is 0.943 bits per heavy atom. The molecular weight excluding hydrogens is 437 g/mol. The predicted molar refractivity (Wildman–Crippen MR) is 135 cm³/mol. The third kappa shape index (κ3) is 4.13. The highest BCUT2D eigenvalue weighted by molar-refractivity contribution is 5.60. The van der Waals surface area contributed by atoms with Gasteiger partial charge in [-0.2, -0.15) is 5.10 Å². The Balaban J connectivity index is 1.26. The van der Waals surface area contributed by atoms with Crippen LogP contribution in [0, 0.1) is 11.8 Å². The van der Waals surface area contributed by atoms with Crippen molar-refractivity contribution in [1.82, 2.24) is 14.8 Å². The maximum Gasteiger partial charge on any atom is 0.130 e. The van der Waals surface area contributed by atoms with E-state index in [0.717, 1.165) is 28.6 Å². The molecule has 0 radical (unpaired) electrons. The molecule has 35 heavy (non-hydrogen) atoms. The van der Waals surface area contributed by atoms with Crippen molar-refractivity contribution in [2.45, 2.75) is 44.2 Å². The van der Waals surface area contributed by atoms with E-state index in [1.165, 1.54) is 36.8 Å². The molecule has 4 aromatic rings. The number of aromatic nitrogens is 3. The summed E-state index contributed by atoms with van der Waals surface area (Å²) in [6.07, 6.45) is 8.79. The van der Waals surface area contributed by atoms with Gasteiger partial charge in [0.25, 0.3) is 0 Å². The Bertz CT molecular complexity index is 1270. The number of hydrogen-bond acceptors (Lipinski definition) is 3. The highest BCUT2D eigenvalue weighted by Crippen LogP contribution is 2.60. The van der Waals surface area contributed by atoms with Gasteiger partial charge in [0.05, 0.1) is 17.9 Å². The zero-order chi connectivity index (χ0) is 23.7. The molecule has 2 aliphatic carbocycles. The number of hydrogen-bond donors (Lipinski definition) is 0. The molecule has 0 amide bonds. The summed E-state index contributed by atoms with van der Waals surface area (Å²) in [7, 11) is 0. The number of benzene rings is 2. The molecule has 2 aliphatic rings. The maximum atomic E-state index is 12.7. The second-order valence-electron chi connectivity index (χ2n) is 9.92. The van der Waals surface area contributed by atoms with Crippen LogP contribution in [0.15, 0.2) is 85.2 Å². The molecule has 178 valence electrons. The Kier molecular flexibility index (Phi) is 5.85. The van der Waals surface area contributed by atoms with Crippen LogP contribution < -0.4 is 4.74 Å². The van der Waals surface area contributed by atoms with Gasteiger partial charge in [0.15, 0.2) is 0 Å². The molecule has 0 aliphatic heterocycles. The minimum absolute atomic E-state index is 0.0501. The predicted octanol–water partition coefficient (Wildman–Crippen LogP) is 6.60. The fourth-order valence-electron chi connectivity index (χ4n) is 6.36. The van der Waals surface area contributed by atoms with Gasteiger partial charge in [-0.05, 0) is 72.6 Å². The number of nitrogens with zero attached hydrogens (tertiary/aromatic N) is 3. The van der Waals surface area contributed by atoms with Gasteiger partial charge in [-0.15, -0.1) is 0 Å². The van der Waals surface area contributed by atoms with Gasteiger partial charge >= 0.3 is 0 Å². The minimum atomic E-state index is -0.405. The summed E-state index contributed by atoms with van der Waals surface area (Å²) in [6, 6.07) is 25.5. The van der Waals surface area contributed by atoms with E-state index in [0.29, 0.717) is 19.1 Å². The summed E-state index contributed by atoms with van der Waals surface area (Å²) in [5.74, 6) is 2.34. The van der Waals surface area contributed by atoms with Gasteiger partial charge in [0, 0.05) is 23.4 Å². The third-order valence-corrected chi connectivity index (χ3v) is 7.98. The van der Waals surface area contributed by atoms with Gasteiger partial charge in [0.1, 0.15) is 19.0 Å². The molecule has 2 aromatic heterocycles. The maximum absolute atomic E-state index is 12.7. The van der Waals surface area contributed by atoms with Crippen LogP contribution in [0.4, 0.5) is 4.39 Å². The van der Waals surface area contributed by atoms with Gasteiger partial charge in [-0.3, -0.25) is 9.67 Å². The van der Waals surface area contributed by atoms with E-state index in [-0.39, 0.29) is 5.41 Å². The Hall–Kier alpha value is -3.47. The van der Waals surface area contributed by atoms with Crippen LogP contribution in [0.3, 0.4) is 0 Å². The lowest BCUT2D eigenvalue weighted by Gasteiger charge is -2.39. The van der Waals surface area contributed by atoms with Gasteiger partial charge in [-0.1, -0.05) is 48.9 Å². The average Bonchev–Trinajstić information content (AvgIpc) is 3.66. The second kappa shape index (κ2) is 9.29. The number of rotatable bonds is 8. The van der Waals surface area contributed by atoms with E-state index in [9.17, 15) is 4.39 Å². The largest absolute Gasteiger partial charge is 0.487 e. The lowest BCUT2D eigenvalue weighted by Crippen LogP contribution is -2.34. The lowest BCUT2D eigenvalue weighted by atomic mass is 9.64. The van der Waals surface area contributed by atoms with Crippen LogP contribution in [-0.4, -0.2) is 21.4 Å². The third-order valence-electron chi connectivity index (χ3n) is 7.98. The van der Waals surface area contributed by atoms with Crippen LogP contribution in [0.5, 0.6) is 5.75 Å². The average molecular weight is 468 g/mol. The van der Waals surface area contributed by atoms with E-state index in [2.05, 4.69) is 58.6 Å². The van der Waals surface area contributed by atoms with Crippen molar-refractivity contribution in [2.24, 2.45) is 11.8 Å². The highest BCUT2D eigenvalue weighted by atomic mass is 19.1. The molecular formula is C30H30FN3O. The standard InChI is InChI=1S/C30H30FN3O/c31-15-18-34-17-14-29(33-34)23-5-8-24(9-6-23)30(20-22-4-7-26(30)19-22)25-10-12-28(13-11-25)35-21-27-3-1-2-16-32-27/h1-3,5-6,8-14,16-17,22,26H,4,7,15,18-21H2. The molecule has 0 saturated heterocycles. The summed E-state index contributed by atoms with van der Waals surface area (Å²) >= 11 is 0. The van der Waals surface area contributed by atoms with Gasteiger partial charge < -0.3 is 4.74 Å². The minimum Gasteiger partial charge on any atom is -0.487 e. The summed E-state index contributed by atoms with van der Waals surface area (Å²) in [4.78, 5) is 4.34. The van der Waals surface area contributed by atoms with Gasteiger partial charge in [-0.25, -0.2) is 4.39 Å². The van der Waals surface area contributed by atoms with Crippen molar-refractivity contribution in [1.29, 1.82) is 0 Å². The van der Waals surface area contributed by atoms with E-state index >= 15 is 0 Å². The Morgan fingerprint density at radius 2 is 1.74 bits per heavy atom. The van der Waals surface area contributed by atoms with Crippen molar-refractivity contribution < 1.29 is 9.13 Å². The van der Waals surface area contributed by atoms with Gasteiger partial charge in [0.2, 0.25) is 0 Å². The molecule has 5 heteroatoms. The summed E-state index contributed by atoms with van der Waals surface area (Å²) in [5.41, 5.74) is 5.71. The normalized spacial score (nSPS) is 23.0. The molecule has 3 unspecified atom stereocenters. The lowest BCUT2D eigenvalue weighted by molar-refractivity contribution is 0.299. The molecule has 4 nitrogen and oxygen atoms in total. The van der Waals surface area contributed by atoms with E-state index in [4.69, 9.17) is 4.74 Å². The molecule has 2 saturated carbocycles. The van der Waals surface area contributed by atoms with Crippen molar-refractivity contribution in [3.8, 4) is 17.0 Å². The van der Waals surface area contributed by atoms with Crippen LogP contribution in [-0.2, 0) is 18.6 Å². The number of alkyl halides is 1. The van der Waals surface area contributed by atoms with Crippen LogP contribution >= 0.6 is 0 Å². The molecule has 2 heterocycles. The molecule has 0 N–H and O–H groups in total. The quantitative estimate of drug-likeness (QED) is 0.293. The molecule has 2 fully saturated rings. The molecule has 2 aromatic carbocycles. The van der Waals surface area contributed by atoms with Crippen molar-refractivity contribution in [3.05, 3.63) is 102 Å². The number of aryl methyl sites for hydroxylation is 1. The van der Waals surface area contributed by atoms with E-state index in [1.54, 1.807) is 10.9 Å². The highest BCUT2D eigenvalue weighted by Gasteiger charge is 2.52. The first-order chi connectivity index (χ1) is 17.2. The topological polar surface area (TPSA) is 39.9 Å². The Labute approximate surface area is 205 Å². The SMILES string of the molecule is FCCn1ccc(-c2ccc(C3(c4ccc(OCc5ccccn5)cc4)CC4CCC3C4)cc2)n1. The summed E-state index contributed by atoms with van der Waals surface area (Å²) in [5, 5.41) is 4.52. The summed E-state index contributed by atoms with van der Waals surface area (Å²) < 4.78 is 20.3. The number of halogens is 1. The first kappa shape index (κ1) is 22.0. The van der Waals surface area contributed by atoms with Crippen LogP contribution in [0.1, 0.15) is 42.5 Å². The molecule has 3 atom stereocenters. The Morgan fingerprint density at radius 3 is 2.40 bits per heavy atom. The molecule has 0 spiro atoms. The van der Waals surface area contributed by atoms with E-state index < -0.39 is 6.67 Å². The number of ether oxygens (including phenoxy) is 1. The smallest absolute Gasteiger partial charge is 0.130 e. The van der Waals surface area contributed by atoms with Crippen LogP contribution in [0.25, 0.3) is 11.3 Å². The van der Waals surface area contributed by atoms with E-state index in [1.807, 2.05) is 30.5 Å². The van der Waals surface area contributed by atoms with Crippen molar-refractivity contribution >= 4 is 0 Å². The number of fused-ring (bicyclic) bond motifs is 2. The first-order valence-corrected chi connectivity index (χ1v) is 12.6. The second-order valence-corrected chi connectivity index (χ2v) is 9.92. The van der Waals surface area contributed by atoms with Crippen LogP contribution in [0.2, 0.25) is 0 Å². The fraction of sp³-hybridized carbons (Fsp3) is 0.333. The fourth-order valence-corrected chi connectivity index (χ4v) is 6.36. The summed E-state index contributed by atoms with van der Waals surface area (Å²) in [6.45, 7) is 0.364. The molecule has 2 bridgehead atoms. The number of pyridine rings is 1. The zero-order valence-corrected chi connectivity index (χ0v) is 19.8. The van der Waals surface area contributed by atoms with Crippen molar-refractivity contribution in [3.63, 3.8) is 0 Å². The molecule has 6 rings (SSSR count). The monoisotopic (exact) mass is 467 g/mol. The zero-order valence-electron chi connectivity index (χ0n) is 19.8. The van der Waals surface area contributed by atoms with Crippen molar-refractivity contribution in [2.75, 3.05) is 6.67 Å².